The summed E-state index contributed by atoms with van der Waals surface area (Å²) in [7, 11) is 0. The summed E-state index contributed by atoms with van der Waals surface area (Å²) in [4.78, 5) is 17.4. The summed E-state index contributed by atoms with van der Waals surface area (Å²) in [6.45, 7) is 3.37. The third-order valence-corrected chi connectivity index (χ3v) is 3.31. The molecule has 0 atom stereocenters. The Morgan fingerprint density at radius 1 is 1.50 bits per heavy atom. The van der Waals surface area contributed by atoms with Crippen molar-refractivity contribution in [3.63, 3.8) is 0 Å². The van der Waals surface area contributed by atoms with Gasteiger partial charge in [-0.1, -0.05) is 6.07 Å². The van der Waals surface area contributed by atoms with Crippen LogP contribution < -0.4 is 0 Å². The first-order chi connectivity index (χ1) is 9.76. The number of pyridine rings is 1. The summed E-state index contributed by atoms with van der Waals surface area (Å²) in [5.41, 5.74) is 2.61. The number of nitrogens with zero attached hydrogens (tertiary/aromatic N) is 3. The van der Waals surface area contributed by atoms with Crippen LogP contribution >= 0.6 is 0 Å². The van der Waals surface area contributed by atoms with Crippen LogP contribution in [-0.4, -0.2) is 35.7 Å². The molecule has 2 rings (SSSR count). The molecular weight excluding hydrogens is 254 g/mol. The van der Waals surface area contributed by atoms with E-state index in [-0.39, 0.29) is 6.09 Å². The number of carbonyl (C=O) groups is 1. The Labute approximate surface area is 118 Å². The van der Waals surface area contributed by atoms with Crippen LogP contribution in [0, 0.1) is 11.3 Å². The number of piperidine rings is 1. The fourth-order valence-electron chi connectivity index (χ4n) is 2.28. The van der Waals surface area contributed by atoms with Crippen molar-refractivity contribution in [1.29, 1.82) is 5.26 Å². The quantitative estimate of drug-likeness (QED) is 0.775. The van der Waals surface area contributed by atoms with Gasteiger partial charge in [-0.05, 0) is 31.4 Å². The number of hydrogen-bond donors (Lipinski definition) is 0. The van der Waals surface area contributed by atoms with E-state index in [9.17, 15) is 10.1 Å². The molecule has 0 saturated carbocycles. The zero-order valence-electron chi connectivity index (χ0n) is 11.5. The maximum atomic E-state index is 11.6. The second-order valence-electron chi connectivity index (χ2n) is 4.52. The van der Waals surface area contributed by atoms with Crippen molar-refractivity contribution in [1.82, 2.24) is 9.88 Å². The summed E-state index contributed by atoms with van der Waals surface area (Å²) in [5.74, 6) is 0. The van der Waals surface area contributed by atoms with Gasteiger partial charge >= 0.3 is 6.09 Å². The average Bonchev–Trinajstić information content (AvgIpc) is 2.50. The molecule has 0 N–H and O–H groups in total. The van der Waals surface area contributed by atoms with Crippen molar-refractivity contribution in [2.45, 2.75) is 19.8 Å². The molecule has 1 fully saturated rings. The standard InChI is InChI=1S/C15H17N3O2/c1-2-20-15(19)18-8-5-12(6-9-18)14(10-16)13-4-3-7-17-11-13/h3-4,7,11H,2,5-6,8-9H2,1H3. The maximum absolute atomic E-state index is 11.6. The molecule has 0 radical (unpaired) electrons. The highest BCUT2D eigenvalue weighted by molar-refractivity contribution is 5.79. The molecule has 5 heteroatoms. The summed E-state index contributed by atoms with van der Waals surface area (Å²) in [6, 6.07) is 5.97. The zero-order valence-corrected chi connectivity index (χ0v) is 11.5. The Hall–Kier alpha value is -2.35. The van der Waals surface area contributed by atoms with Gasteiger partial charge in [-0.3, -0.25) is 4.98 Å². The molecule has 0 aliphatic carbocycles. The van der Waals surface area contributed by atoms with Crippen molar-refractivity contribution in [2.75, 3.05) is 19.7 Å². The van der Waals surface area contributed by atoms with Crippen LogP contribution in [0.4, 0.5) is 4.79 Å². The van der Waals surface area contributed by atoms with Crippen LogP contribution in [0.2, 0.25) is 0 Å². The summed E-state index contributed by atoms with van der Waals surface area (Å²) < 4.78 is 4.98. The van der Waals surface area contributed by atoms with Crippen LogP contribution in [0.1, 0.15) is 25.3 Å². The molecule has 0 unspecified atom stereocenters. The monoisotopic (exact) mass is 271 g/mol. The van der Waals surface area contributed by atoms with Crippen LogP contribution in [0.25, 0.3) is 5.57 Å². The highest BCUT2D eigenvalue weighted by Crippen LogP contribution is 2.26. The molecule has 0 spiro atoms. The van der Waals surface area contributed by atoms with E-state index >= 15 is 0 Å². The Morgan fingerprint density at radius 3 is 2.80 bits per heavy atom. The maximum Gasteiger partial charge on any atom is 0.409 e. The normalized spacial score (nSPS) is 14.6. The van der Waals surface area contributed by atoms with E-state index in [0.717, 1.165) is 11.1 Å². The fourth-order valence-corrected chi connectivity index (χ4v) is 2.28. The summed E-state index contributed by atoms with van der Waals surface area (Å²) in [5, 5.41) is 9.35. The lowest BCUT2D eigenvalue weighted by Crippen LogP contribution is -2.36. The van der Waals surface area contributed by atoms with Gasteiger partial charge in [0.05, 0.1) is 18.2 Å². The zero-order chi connectivity index (χ0) is 14.4. The molecule has 1 aromatic rings. The number of likely N-dealkylation sites (tertiary alicyclic amines) is 1. The van der Waals surface area contributed by atoms with E-state index in [2.05, 4.69) is 11.1 Å². The van der Waals surface area contributed by atoms with Gasteiger partial charge in [0.15, 0.2) is 0 Å². The molecule has 104 valence electrons. The van der Waals surface area contributed by atoms with Crippen molar-refractivity contribution in [3.05, 3.63) is 35.7 Å². The van der Waals surface area contributed by atoms with Gasteiger partial charge in [-0.25, -0.2) is 4.79 Å². The van der Waals surface area contributed by atoms with Gasteiger partial charge in [-0.15, -0.1) is 0 Å². The molecular formula is C15H17N3O2. The summed E-state index contributed by atoms with van der Waals surface area (Å²) >= 11 is 0. The third-order valence-electron chi connectivity index (χ3n) is 3.31. The minimum absolute atomic E-state index is 0.272. The second-order valence-corrected chi connectivity index (χ2v) is 4.52. The van der Waals surface area contributed by atoms with E-state index in [1.54, 1.807) is 24.2 Å². The predicted molar refractivity (Wildman–Crippen MR) is 74.6 cm³/mol. The third kappa shape index (κ3) is 3.15. The first kappa shape index (κ1) is 14.1. The Bertz CT molecular complexity index is 536. The number of hydrogen-bond acceptors (Lipinski definition) is 4. The molecule has 20 heavy (non-hydrogen) atoms. The molecule has 0 aromatic carbocycles. The predicted octanol–water partition coefficient (Wildman–Crippen LogP) is 2.61. The SMILES string of the molecule is CCOC(=O)N1CCC(=C(C#N)c2cccnc2)CC1. The molecule has 1 aromatic heterocycles. The summed E-state index contributed by atoms with van der Waals surface area (Å²) in [6.07, 6.45) is 4.52. The number of aromatic nitrogens is 1. The van der Waals surface area contributed by atoms with Crippen LogP contribution in [-0.2, 0) is 4.74 Å². The van der Waals surface area contributed by atoms with Crippen LogP contribution in [0.3, 0.4) is 0 Å². The molecule has 1 aliphatic rings. The van der Waals surface area contributed by atoms with Crippen molar-refractivity contribution >= 4 is 11.7 Å². The first-order valence-electron chi connectivity index (χ1n) is 6.70. The first-order valence-corrected chi connectivity index (χ1v) is 6.70. The minimum Gasteiger partial charge on any atom is -0.450 e. The molecule has 0 bridgehead atoms. The largest absolute Gasteiger partial charge is 0.450 e. The minimum atomic E-state index is -0.272. The number of amides is 1. The van der Waals surface area contributed by atoms with Gasteiger partial charge in [0.2, 0.25) is 0 Å². The van der Waals surface area contributed by atoms with E-state index in [4.69, 9.17) is 4.74 Å². The number of rotatable bonds is 2. The Kier molecular flexibility index (Phi) is 4.72. The van der Waals surface area contributed by atoms with Crippen molar-refractivity contribution in [3.8, 4) is 6.07 Å². The average molecular weight is 271 g/mol. The topological polar surface area (TPSA) is 66.2 Å². The molecule has 2 heterocycles. The number of carbonyl (C=O) groups excluding carboxylic acids is 1. The second kappa shape index (κ2) is 6.71. The molecule has 1 aliphatic heterocycles. The van der Waals surface area contributed by atoms with E-state index < -0.39 is 0 Å². The van der Waals surface area contributed by atoms with Gasteiger partial charge in [-0.2, -0.15) is 5.26 Å². The van der Waals surface area contributed by atoms with E-state index in [0.29, 0.717) is 38.1 Å². The lowest BCUT2D eigenvalue weighted by Gasteiger charge is -2.28. The van der Waals surface area contributed by atoms with Gasteiger partial charge < -0.3 is 9.64 Å². The number of allylic oxidation sites excluding steroid dienone is 1. The van der Waals surface area contributed by atoms with E-state index in [1.807, 2.05) is 12.1 Å². The number of ether oxygens (including phenoxy) is 1. The van der Waals surface area contributed by atoms with Gasteiger partial charge in [0.1, 0.15) is 0 Å². The Morgan fingerprint density at radius 2 is 2.25 bits per heavy atom. The van der Waals surface area contributed by atoms with Gasteiger partial charge in [0.25, 0.3) is 0 Å². The van der Waals surface area contributed by atoms with Crippen LogP contribution in [0.5, 0.6) is 0 Å². The highest BCUT2D eigenvalue weighted by Gasteiger charge is 2.22. The Balaban J connectivity index is 2.10. The van der Waals surface area contributed by atoms with E-state index in [1.165, 1.54) is 0 Å². The highest BCUT2D eigenvalue weighted by atomic mass is 16.6. The lowest BCUT2D eigenvalue weighted by molar-refractivity contribution is 0.104. The van der Waals surface area contributed by atoms with Crippen LogP contribution in [0.15, 0.2) is 30.1 Å². The van der Waals surface area contributed by atoms with Crippen molar-refractivity contribution < 1.29 is 9.53 Å². The smallest absolute Gasteiger partial charge is 0.409 e. The number of nitriles is 1. The lowest BCUT2D eigenvalue weighted by atomic mass is 9.95. The van der Waals surface area contributed by atoms with Gasteiger partial charge in [0, 0.05) is 31.0 Å². The van der Waals surface area contributed by atoms with Crippen molar-refractivity contribution in [2.24, 2.45) is 0 Å². The molecule has 1 saturated heterocycles. The molecule has 5 nitrogen and oxygen atoms in total. The molecule has 1 amide bonds. The fraction of sp³-hybridized carbons (Fsp3) is 0.400.